The number of nitrogens with one attached hydrogen (secondary N) is 1. The predicted octanol–water partition coefficient (Wildman–Crippen LogP) is 4.59. The maximum atomic E-state index is 13.5. The lowest BCUT2D eigenvalue weighted by molar-refractivity contribution is 0.0927. The van der Waals surface area contributed by atoms with Gasteiger partial charge in [0, 0.05) is 17.5 Å². The summed E-state index contributed by atoms with van der Waals surface area (Å²) < 4.78 is 19.0. The largest absolute Gasteiger partial charge is 0.340 e. The average molecular weight is 387 g/mol. The Bertz CT molecular complexity index is 1100. The van der Waals surface area contributed by atoms with Crippen molar-refractivity contribution < 1.29 is 13.7 Å². The lowest BCUT2D eigenvalue weighted by Gasteiger charge is -2.15. The molecule has 1 amide bonds. The molecule has 144 valence electrons. The molecule has 0 bridgehead atoms. The predicted molar refractivity (Wildman–Crippen MR) is 106 cm³/mol. The van der Waals surface area contributed by atoms with E-state index in [1.54, 1.807) is 6.07 Å². The molecule has 0 radical (unpaired) electrons. The highest BCUT2D eigenvalue weighted by Crippen LogP contribution is 2.22. The first-order chi connectivity index (χ1) is 14.2. The van der Waals surface area contributed by atoms with E-state index in [-0.39, 0.29) is 11.5 Å². The van der Waals surface area contributed by atoms with Gasteiger partial charge in [0.2, 0.25) is 11.7 Å². The van der Waals surface area contributed by atoms with E-state index >= 15 is 0 Å². The van der Waals surface area contributed by atoms with E-state index in [1.165, 1.54) is 18.2 Å². The molecule has 0 spiro atoms. The number of amides is 1. The van der Waals surface area contributed by atoms with Gasteiger partial charge in [-0.05, 0) is 23.8 Å². The second-order valence-electron chi connectivity index (χ2n) is 6.55. The normalized spacial score (nSPS) is 11.8. The Hall–Kier alpha value is -3.80. The Morgan fingerprint density at radius 2 is 1.69 bits per heavy atom. The van der Waals surface area contributed by atoms with Gasteiger partial charge in [0.1, 0.15) is 11.9 Å². The van der Waals surface area contributed by atoms with Crippen molar-refractivity contribution in [1.29, 1.82) is 0 Å². The van der Waals surface area contributed by atoms with Crippen LogP contribution in [0.5, 0.6) is 0 Å². The van der Waals surface area contributed by atoms with E-state index in [1.807, 2.05) is 60.7 Å². The smallest absolute Gasteiger partial charge is 0.252 e. The highest BCUT2D eigenvalue weighted by atomic mass is 19.1. The topological polar surface area (TPSA) is 68.0 Å². The zero-order chi connectivity index (χ0) is 20.1. The molecule has 29 heavy (non-hydrogen) atoms. The number of aromatic nitrogens is 2. The van der Waals surface area contributed by atoms with E-state index in [9.17, 15) is 9.18 Å². The molecule has 0 unspecified atom stereocenters. The standard InChI is InChI=1S/C23H18FN3O2/c24-19-13-7-12-18(15-19)22(28)25-20(14-16-8-3-1-4-9-16)23-26-21(27-29-23)17-10-5-2-6-11-17/h1-13,15,20H,14H2,(H,25,28)/t20-/m1/s1. The minimum absolute atomic E-state index is 0.228. The number of hydrogen-bond acceptors (Lipinski definition) is 4. The summed E-state index contributed by atoms with van der Waals surface area (Å²) in [5, 5.41) is 6.93. The van der Waals surface area contributed by atoms with E-state index in [2.05, 4.69) is 15.5 Å². The molecule has 5 nitrogen and oxygen atoms in total. The van der Waals surface area contributed by atoms with Crippen LogP contribution >= 0.6 is 0 Å². The number of benzene rings is 3. The zero-order valence-corrected chi connectivity index (χ0v) is 15.5. The highest BCUT2D eigenvalue weighted by molar-refractivity contribution is 5.94. The summed E-state index contributed by atoms with van der Waals surface area (Å²) in [6.07, 6.45) is 0.457. The zero-order valence-electron chi connectivity index (χ0n) is 15.5. The number of hydrogen-bond donors (Lipinski definition) is 1. The van der Waals surface area contributed by atoms with Gasteiger partial charge in [-0.2, -0.15) is 4.98 Å². The van der Waals surface area contributed by atoms with Gasteiger partial charge in [0.25, 0.3) is 5.91 Å². The third-order valence-corrected chi connectivity index (χ3v) is 4.45. The Kier molecular flexibility index (Phi) is 5.42. The monoisotopic (exact) mass is 387 g/mol. The summed E-state index contributed by atoms with van der Waals surface area (Å²) in [7, 11) is 0. The Morgan fingerprint density at radius 3 is 2.41 bits per heavy atom. The fourth-order valence-corrected chi connectivity index (χ4v) is 3.00. The van der Waals surface area contributed by atoms with Crippen molar-refractivity contribution in [3.63, 3.8) is 0 Å². The second kappa shape index (κ2) is 8.48. The first-order valence-corrected chi connectivity index (χ1v) is 9.18. The van der Waals surface area contributed by atoms with Gasteiger partial charge < -0.3 is 9.84 Å². The van der Waals surface area contributed by atoms with Gasteiger partial charge in [0.05, 0.1) is 0 Å². The minimum atomic E-state index is -0.557. The van der Waals surface area contributed by atoms with E-state index in [4.69, 9.17) is 4.52 Å². The Balaban J connectivity index is 1.62. The molecule has 0 aliphatic rings. The van der Waals surface area contributed by atoms with Crippen molar-refractivity contribution in [1.82, 2.24) is 15.5 Å². The summed E-state index contributed by atoms with van der Waals surface area (Å²) >= 11 is 0. The molecule has 4 rings (SSSR count). The maximum Gasteiger partial charge on any atom is 0.252 e. The Labute approximate surface area is 167 Å². The molecule has 1 aromatic heterocycles. The number of nitrogens with zero attached hydrogens (tertiary/aromatic N) is 2. The summed E-state index contributed by atoms with van der Waals surface area (Å²) in [5.41, 5.74) is 2.04. The quantitative estimate of drug-likeness (QED) is 0.525. The van der Waals surface area contributed by atoms with Gasteiger partial charge in [-0.3, -0.25) is 4.79 Å². The third-order valence-electron chi connectivity index (χ3n) is 4.45. The lowest BCUT2D eigenvalue weighted by Crippen LogP contribution is -2.30. The minimum Gasteiger partial charge on any atom is -0.340 e. The molecule has 6 heteroatoms. The van der Waals surface area contributed by atoms with Crippen molar-refractivity contribution in [2.75, 3.05) is 0 Å². The van der Waals surface area contributed by atoms with E-state index < -0.39 is 17.8 Å². The highest BCUT2D eigenvalue weighted by Gasteiger charge is 2.23. The lowest BCUT2D eigenvalue weighted by atomic mass is 10.1. The molecule has 4 aromatic rings. The molecule has 1 atom stereocenters. The van der Waals surface area contributed by atoms with Crippen molar-refractivity contribution in [2.45, 2.75) is 12.5 Å². The van der Waals surface area contributed by atoms with Crippen LogP contribution in [0, 0.1) is 5.82 Å². The molecular weight excluding hydrogens is 369 g/mol. The number of halogens is 1. The van der Waals surface area contributed by atoms with Crippen LogP contribution in [0.25, 0.3) is 11.4 Å². The fourth-order valence-electron chi connectivity index (χ4n) is 3.00. The van der Waals surface area contributed by atoms with Gasteiger partial charge in [0.15, 0.2) is 0 Å². The molecule has 0 aliphatic heterocycles. The van der Waals surface area contributed by atoms with Gasteiger partial charge in [-0.15, -0.1) is 0 Å². The molecule has 0 fully saturated rings. The third kappa shape index (κ3) is 4.55. The first-order valence-electron chi connectivity index (χ1n) is 9.18. The summed E-state index contributed by atoms with van der Waals surface area (Å²) in [4.78, 5) is 17.2. The average Bonchev–Trinajstić information content (AvgIpc) is 3.25. The van der Waals surface area contributed by atoms with Crippen LogP contribution in [0.4, 0.5) is 4.39 Å². The molecule has 0 saturated carbocycles. The van der Waals surface area contributed by atoms with Crippen molar-refractivity contribution >= 4 is 5.91 Å². The van der Waals surface area contributed by atoms with Crippen LogP contribution in [-0.2, 0) is 6.42 Å². The van der Waals surface area contributed by atoms with E-state index in [0.29, 0.717) is 12.2 Å². The number of carbonyl (C=O) groups is 1. The van der Waals surface area contributed by atoms with Crippen LogP contribution < -0.4 is 5.32 Å². The van der Waals surface area contributed by atoms with Crippen molar-refractivity contribution in [2.24, 2.45) is 0 Å². The number of carbonyl (C=O) groups excluding carboxylic acids is 1. The Morgan fingerprint density at radius 1 is 0.966 bits per heavy atom. The first kappa shape index (κ1) is 18.6. The molecular formula is C23H18FN3O2. The maximum absolute atomic E-state index is 13.5. The molecule has 0 saturated heterocycles. The molecule has 3 aromatic carbocycles. The molecule has 1 N–H and O–H groups in total. The van der Waals surface area contributed by atoms with Gasteiger partial charge in [-0.25, -0.2) is 4.39 Å². The summed E-state index contributed by atoms with van der Waals surface area (Å²) in [6.45, 7) is 0. The molecule has 0 aliphatic carbocycles. The van der Waals surface area contributed by atoms with Crippen LogP contribution in [0.15, 0.2) is 89.5 Å². The van der Waals surface area contributed by atoms with Gasteiger partial charge >= 0.3 is 0 Å². The summed E-state index contributed by atoms with van der Waals surface area (Å²) in [5.74, 6) is -0.151. The fraction of sp³-hybridized carbons (Fsp3) is 0.0870. The summed E-state index contributed by atoms with van der Waals surface area (Å²) in [6, 6.07) is 24.1. The number of rotatable bonds is 6. The van der Waals surface area contributed by atoms with E-state index in [0.717, 1.165) is 11.1 Å². The van der Waals surface area contributed by atoms with Crippen LogP contribution in [-0.4, -0.2) is 16.0 Å². The van der Waals surface area contributed by atoms with Crippen LogP contribution in [0.2, 0.25) is 0 Å². The second-order valence-corrected chi connectivity index (χ2v) is 6.55. The van der Waals surface area contributed by atoms with Crippen molar-refractivity contribution in [3.05, 3.63) is 108 Å². The van der Waals surface area contributed by atoms with Crippen LogP contribution in [0.3, 0.4) is 0 Å². The SMILES string of the molecule is O=C(N[C@H](Cc1ccccc1)c1nc(-c2ccccc2)no1)c1cccc(F)c1. The molecule has 1 heterocycles. The van der Waals surface area contributed by atoms with Gasteiger partial charge in [-0.1, -0.05) is 71.9 Å². The van der Waals surface area contributed by atoms with Crippen LogP contribution in [0.1, 0.15) is 27.9 Å². The van der Waals surface area contributed by atoms with Crippen molar-refractivity contribution in [3.8, 4) is 11.4 Å².